The van der Waals surface area contributed by atoms with Gasteiger partial charge in [-0.3, -0.25) is 0 Å². The highest BCUT2D eigenvalue weighted by atomic mass is 16.5. The van der Waals surface area contributed by atoms with E-state index in [1.807, 2.05) is 6.07 Å². The highest BCUT2D eigenvalue weighted by Crippen LogP contribution is 2.37. The summed E-state index contributed by atoms with van der Waals surface area (Å²) in [6, 6.07) is 5.26. The Hall–Kier alpha value is -3.27. The molecule has 0 saturated carbocycles. The molecule has 0 aliphatic carbocycles. The molecule has 0 saturated heterocycles. The Balaban J connectivity index is 2.73. The van der Waals surface area contributed by atoms with Gasteiger partial charge in [0, 0.05) is 11.1 Å². The number of aromatic nitrogens is 2. The van der Waals surface area contributed by atoms with Crippen LogP contribution in [0.3, 0.4) is 0 Å². The molecule has 0 atom stereocenters. The minimum absolute atomic E-state index is 0.00584. The molecule has 1 aromatic carbocycles. The van der Waals surface area contributed by atoms with Crippen LogP contribution in [0, 0.1) is 11.3 Å². The Morgan fingerprint density at radius 2 is 2.13 bits per heavy atom. The summed E-state index contributed by atoms with van der Waals surface area (Å²) in [6.07, 6.45) is 2.08. The monoisotopic (exact) mass is 311 g/mol. The zero-order valence-corrected chi connectivity index (χ0v) is 12.7. The van der Waals surface area contributed by atoms with E-state index < -0.39 is 0 Å². The van der Waals surface area contributed by atoms with Gasteiger partial charge in [0.1, 0.15) is 17.5 Å². The number of benzene rings is 1. The molecule has 2 rings (SSSR count). The van der Waals surface area contributed by atoms with Gasteiger partial charge in [-0.15, -0.1) is 6.58 Å². The first-order valence-corrected chi connectivity index (χ1v) is 6.94. The third kappa shape index (κ3) is 3.16. The Labute approximate surface area is 133 Å². The summed E-state index contributed by atoms with van der Waals surface area (Å²) in [7, 11) is 0. The molecular weight excluding hydrogens is 294 g/mol. The molecule has 0 radical (unpaired) electrons. The summed E-state index contributed by atoms with van der Waals surface area (Å²) >= 11 is 0. The molecular formula is C16H17N5O2. The van der Waals surface area contributed by atoms with Crippen molar-refractivity contribution in [3.8, 4) is 28.8 Å². The number of ether oxygens (including phenoxy) is 1. The number of rotatable bonds is 5. The van der Waals surface area contributed by atoms with Crippen LogP contribution >= 0.6 is 0 Å². The first-order valence-electron chi connectivity index (χ1n) is 6.94. The fraction of sp³-hybridized carbons (Fsp3) is 0.188. The zero-order valence-electron chi connectivity index (χ0n) is 12.7. The molecule has 1 heterocycles. The van der Waals surface area contributed by atoms with Gasteiger partial charge in [0.25, 0.3) is 0 Å². The SMILES string of the molecule is C=CCc1cc(-c2nc(N)nc(N)c2C#N)cc(OCC)c1O. The molecule has 0 aliphatic heterocycles. The van der Waals surface area contributed by atoms with E-state index >= 15 is 0 Å². The van der Waals surface area contributed by atoms with Crippen LogP contribution in [0.25, 0.3) is 11.3 Å². The zero-order chi connectivity index (χ0) is 17.0. The molecule has 7 nitrogen and oxygen atoms in total. The normalized spacial score (nSPS) is 10.1. The van der Waals surface area contributed by atoms with E-state index in [-0.39, 0.29) is 23.1 Å². The second-order valence-electron chi connectivity index (χ2n) is 4.71. The van der Waals surface area contributed by atoms with Gasteiger partial charge in [0.2, 0.25) is 5.95 Å². The molecule has 1 aromatic heterocycles. The van der Waals surface area contributed by atoms with Gasteiger partial charge in [-0.25, -0.2) is 4.98 Å². The summed E-state index contributed by atoms with van der Waals surface area (Å²) in [6.45, 7) is 5.85. The number of nitriles is 1. The summed E-state index contributed by atoms with van der Waals surface area (Å²) in [5.41, 5.74) is 12.9. The van der Waals surface area contributed by atoms with Crippen LogP contribution in [0.15, 0.2) is 24.8 Å². The standard InChI is InChI=1S/C16H17N5O2/c1-3-5-9-6-10(7-12(14(9)22)23-4-2)13-11(8-17)15(18)21-16(19)20-13/h3,6-7,22H,1,4-5H2,2H3,(H4,18,19,20,21). The average molecular weight is 311 g/mol. The first-order chi connectivity index (χ1) is 11.0. The van der Waals surface area contributed by atoms with E-state index in [2.05, 4.69) is 16.5 Å². The Morgan fingerprint density at radius 3 is 2.74 bits per heavy atom. The fourth-order valence-corrected chi connectivity index (χ4v) is 2.19. The summed E-state index contributed by atoms with van der Waals surface area (Å²) < 4.78 is 5.45. The second kappa shape index (κ2) is 6.66. The van der Waals surface area contributed by atoms with Gasteiger partial charge in [0.15, 0.2) is 11.5 Å². The molecule has 7 heteroatoms. The van der Waals surface area contributed by atoms with Crippen LogP contribution in [0.2, 0.25) is 0 Å². The van der Waals surface area contributed by atoms with Gasteiger partial charge in [0.05, 0.1) is 12.3 Å². The third-order valence-corrected chi connectivity index (χ3v) is 3.16. The number of hydrogen-bond donors (Lipinski definition) is 3. The maximum Gasteiger partial charge on any atom is 0.222 e. The van der Waals surface area contributed by atoms with Crippen LogP contribution in [-0.4, -0.2) is 21.7 Å². The quantitative estimate of drug-likeness (QED) is 0.720. The van der Waals surface area contributed by atoms with E-state index in [9.17, 15) is 10.4 Å². The van der Waals surface area contributed by atoms with E-state index in [0.29, 0.717) is 35.6 Å². The van der Waals surface area contributed by atoms with E-state index in [4.69, 9.17) is 16.2 Å². The third-order valence-electron chi connectivity index (χ3n) is 3.16. The van der Waals surface area contributed by atoms with Crippen molar-refractivity contribution in [1.82, 2.24) is 9.97 Å². The van der Waals surface area contributed by atoms with E-state index in [1.165, 1.54) is 0 Å². The number of anilines is 2. The number of aromatic hydroxyl groups is 1. The van der Waals surface area contributed by atoms with Crippen molar-refractivity contribution in [1.29, 1.82) is 5.26 Å². The summed E-state index contributed by atoms with van der Waals surface area (Å²) in [5, 5.41) is 19.5. The lowest BCUT2D eigenvalue weighted by Gasteiger charge is -2.13. The Morgan fingerprint density at radius 1 is 1.39 bits per heavy atom. The van der Waals surface area contributed by atoms with Crippen LogP contribution in [-0.2, 0) is 6.42 Å². The predicted molar refractivity (Wildman–Crippen MR) is 87.7 cm³/mol. The lowest BCUT2D eigenvalue weighted by Crippen LogP contribution is -2.05. The number of phenolic OH excluding ortho intramolecular Hbond substituents is 1. The number of allylic oxidation sites excluding steroid dienone is 1. The highest BCUT2D eigenvalue weighted by molar-refractivity contribution is 5.75. The Bertz CT molecular complexity index is 796. The molecule has 0 aliphatic rings. The molecule has 0 bridgehead atoms. The molecule has 0 unspecified atom stereocenters. The molecule has 5 N–H and O–H groups in total. The van der Waals surface area contributed by atoms with Crippen molar-refractivity contribution in [2.75, 3.05) is 18.1 Å². The van der Waals surface area contributed by atoms with Crippen molar-refractivity contribution in [2.45, 2.75) is 13.3 Å². The molecule has 23 heavy (non-hydrogen) atoms. The lowest BCUT2D eigenvalue weighted by atomic mass is 10.0. The molecule has 118 valence electrons. The van der Waals surface area contributed by atoms with Crippen molar-refractivity contribution in [3.05, 3.63) is 35.9 Å². The van der Waals surface area contributed by atoms with Crippen LogP contribution in [0.4, 0.5) is 11.8 Å². The van der Waals surface area contributed by atoms with Crippen molar-refractivity contribution < 1.29 is 9.84 Å². The van der Waals surface area contributed by atoms with Gasteiger partial charge >= 0.3 is 0 Å². The van der Waals surface area contributed by atoms with Crippen LogP contribution in [0.5, 0.6) is 11.5 Å². The summed E-state index contributed by atoms with van der Waals surface area (Å²) in [5.74, 6) is 0.296. The van der Waals surface area contributed by atoms with Gasteiger partial charge in [-0.1, -0.05) is 6.08 Å². The molecule has 0 amide bonds. The average Bonchev–Trinajstić information content (AvgIpc) is 2.50. The number of hydrogen-bond acceptors (Lipinski definition) is 7. The lowest BCUT2D eigenvalue weighted by molar-refractivity contribution is 0.317. The molecule has 2 aromatic rings. The van der Waals surface area contributed by atoms with Gasteiger partial charge in [-0.2, -0.15) is 10.2 Å². The smallest absolute Gasteiger partial charge is 0.222 e. The first kappa shape index (κ1) is 16.1. The van der Waals surface area contributed by atoms with E-state index in [1.54, 1.807) is 25.1 Å². The van der Waals surface area contributed by atoms with E-state index in [0.717, 1.165) is 0 Å². The maximum absolute atomic E-state index is 10.2. The number of nitrogens with two attached hydrogens (primary N) is 2. The predicted octanol–water partition coefficient (Wildman–Crippen LogP) is 2.01. The Kier molecular flexibility index (Phi) is 4.66. The molecule has 0 fully saturated rings. The minimum Gasteiger partial charge on any atom is -0.504 e. The van der Waals surface area contributed by atoms with Crippen molar-refractivity contribution in [2.24, 2.45) is 0 Å². The van der Waals surface area contributed by atoms with Crippen molar-refractivity contribution in [3.63, 3.8) is 0 Å². The maximum atomic E-state index is 10.2. The number of nitrogens with zero attached hydrogens (tertiary/aromatic N) is 3. The van der Waals surface area contributed by atoms with Crippen LogP contribution in [0.1, 0.15) is 18.1 Å². The fourth-order valence-electron chi connectivity index (χ4n) is 2.19. The van der Waals surface area contributed by atoms with Gasteiger partial charge in [-0.05, 0) is 25.5 Å². The van der Waals surface area contributed by atoms with Crippen molar-refractivity contribution >= 4 is 11.8 Å². The number of phenols is 1. The largest absolute Gasteiger partial charge is 0.504 e. The highest BCUT2D eigenvalue weighted by Gasteiger charge is 2.17. The topological polar surface area (TPSA) is 131 Å². The summed E-state index contributed by atoms with van der Waals surface area (Å²) in [4.78, 5) is 7.90. The second-order valence-corrected chi connectivity index (χ2v) is 4.71. The minimum atomic E-state index is -0.0344. The van der Waals surface area contributed by atoms with Crippen LogP contribution < -0.4 is 16.2 Å². The number of nitrogen functional groups attached to an aromatic ring is 2. The van der Waals surface area contributed by atoms with Gasteiger partial charge < -0.3 is 21.3 Å². The molecule has 0 spiro atoms.